The molecule has 4 nitrogen and oxygen atoms in total. The molecule has 0 bridgehead atoms. The van der Waals surface area contributed by atoms with Crippen molar-refractivity contribution in [3.8, 4) is 0 Å². The zero-order valence-corrected chi connectivity index (χ0v) is 12.4. The van der Waals surface area contributed by atoms with E-state index in [1.54, 1.807) is 0 Å². The van der Waals surface area contributed by atoms with Crippen molar-refractivity contribution in [2.75, 3.05) is 12.3 Å². The van der Waals surface area contributed by atoms with Crippen LogP contribution in [0.15, 0.2) is 17.0 Å². The number of piperidine rings is 1. The van der Waals surface area contributed by atoms with Crippen LogP contribution in [0.3, 0.4) is 0 Å². The van der Waals surface area contributed by atoms with Gasteiger partial charge in [0.05, 0.1) is 5.69 Å². The third-order valence-electron chi connectivity index (χ3n) is 4.58. The van der Waals surface area contributed by atoms with Crippen LogP contribution in [0.2, 0.25) is 0 Å². The molecule has 2 fully saturated rings. The average molecular weight is 316 g/mol. The van der Waals surface area contributed by atoms with Crippen molar-refractivity contribution in [2.45, 2.75) is 43.0 Å². The molecular weight excluding hydrogens is 298 g/mol. The normalized spacial score (nSPS) is 26.8. The average Bonchev–Trinajstić information content (AvgIpc) is 2.90. The Bertz CT molecular complexity index is 663. The van der Waals surface area contributed by atoms with Crippen LogP contribution in [0.25, 0.3) is 0 Å². The SMILES string of the molecule is Nc1cc(S(=O)(=O)N2CCCC3CCCC32)c(F)cc1F. The van der Waals surface area contributed by atoms with Gasteiger partial charge in [0.25, 0.3) is 0 Å². The Hall–Kier alpha value is -1.21. The lowest BCUT2D eigenvalue weighted by atomic mass is 9.94. The first kappa shape index (κ1) is 14.7. The monoisotopic (exact) mass is 316 g/mol. The smallest absolute Gasteiger partial charge is 0.246 e. The molecule has 1 saturated carbocycles. The number of halogens is 2. The fraction of sp³-hybridized carbons (Fsp3) is 0.571. The number of hydrogen-bond donors (Lipinski definition) is 1. The molecule has 0 amide bonds. The molecule has 7 heteroatoms. The Morgan fingerprint density at radius 3 is 2.57 bits per heavy atom. The zero-order valence-electron chi connectivity index (χ0n) is 11.6. The van der Waals surface area contributed by atoms with Gasteiger partial charge < -0.3 is 5.73 Å². The van der Waals surface area contributed by atoms with E-state index in [9.17, 15) is 17.2 Å². The van der Waals surface area contributed by atoms with Gasteiger partial charge in [-0.2, -0.15) is 4.31 Å². The molecule has 21 heavy (non-hydrogen) atoms. The molecule has 3 rings (SSSR count). The molecule has 1 heterocycles. The Morgan fingerprint density at radius 2 is 1.81 bits per heavy atom. The fourth-order valence-corrected chi connectivity index (χ4v) is 5.41. The van der Waals surface area contributed by atoms with Gasteiger partial charge in [0.15, 0.2) is 0 Å². The molecule has 2 aliphatic rings. The van der Waals surface area contributed by atoms with Crippen molar-refractivity contribution in [3.63, 3.8) is 0 Å². The maximum atomic E-state index is 13.9. The summed E-state index contributed by atoms with van der Waals surface area (Å²) in [6, 6.07) is 1.37. The number of hydrogen-bond acceptors (Lipinski definition) is 3. The maximum Gasteiger partial charge on any atom is 0.246 e. The topological polar surface area (TPSA) is 63.4 Å². The Labute approximate surface area is 123 Å². The second-order valence-corrected chi connectivity index (χ2v) is 7.68. The summed E-state index contributed by atoms with van der Waals surface area (Å²) in [5.41, 5.74) is 5.05. The molecule has 0 spiro atoms. The van der Waals surface area contributed by atoms with E-state index in [2.05, 4.69) is 0 Å². The van der Waals surface area contributed by atoms with E-state index >= 15 is 0 Å². The Balaban J connectivity index is 2.02. The first-order valence-corrected chi connectivity index (χ1v) is 8.61. The van der Waals surface area contributed by atoms with Gasteiger partial charge in [-0.3, -0.25) is 0 Å². The van der Waals surface area contributed by atoms with Crippen molar-refractivity contribution in [1.29, 1.82) is 0 Å². The van der Waals surface area contributed by atoms with Gasteiger partial charge in [-0.25, -0.2) is 17.2 Å². The van der Waals surface area contributed by atoms with Crippen molar-refractivity contribution >= 4 is 15.7 Å². The molecule has 116 valence electrons. The fourth-order valence-electron chi connectivity index (χ4n) is 3.58. The summed E-state index contributed by atoms with van der Waals surface area (Å²) in [4.78, 5) is -0.519. The van der Waals surface area contributed by atoms with Gasteiger partial charge >= 0.3 is 0 Å². The number of anilines is 1. The van der Waals surface area contributed by atoms with E-state index in [1.165, 1.54) is 4.31 Å². The van der Waals surface area contributed by atoms with Crippen LogP contribution < -0.4 is 5.73 Å². The number of sulfonamides is 1. The number of nitrogens with zero attached hydrogens (tertiary/aromatic N) is 1. The van der Waals surface area contributed by atoms with Crippen molar-refractivity contribution in [2.24, 2.45) is 5.92 Å². The number of fused-ring (bicyclic) bond motifs is 1. The lowest BCUT2D eigenvalue weighted by molar-refractivity contribution is 0.201. The predicted octanol–water partition coefficient (Wildman–Crippen LogP) is 2.50. The Morgan fingerprint density at radius 1 is 1.10 bits per heavy atom. The molecule has 1 aliphatic carbocycles. The highest BCUT2D eigenvalue weighted by atomic mass is 32.2. The summed E-state index contributed by atoms with van der Waals surface area (Å²) in [6.45, 7) is 0.389. The molecule has 1 aliphatic heterocycles. The molecular formula is C14H18F2N2O2S. The highest BCUT2D eigenvalue weighted by Gasteiger charge is 2.42. The summed E-state index contributed by atoms with van der Waals surface area (Å²) in [6.07, 6.45) is 4.62. The summed E-state index contributed by atoms with van der Waals surface area (Å²) in [7, 11) is -3.97. The Kier molecular flexibility index (Phi) is 3.65. The zero-order chi connectivity index (χ0) is 15.2. The van der Waals surface area contributed by atoms with Crippen LogP contribution in [0, 0.1) is 17.6 Å². The number of nitrogen functional groups attached to an aromatic ring is 1. The highest BCUT2D eigenvalue weighted by Crippen LogP contribution is 2.40. The van der Waals surface area contributed by atoms with Crippen LogP contribution >= 0.6 is 0 Å². The van der Waals surface area contributed by atoms with E-state index in [1.807, 2.05) is 0 Å². The molecule has 1 saturated heterocycles. The minimum absolute atomic E-state index is 0.0607. The van der Waals surface area contributed by atoms with Gasteiger partial charge in [-0.05, 0) is 37.7 Å². The standard InChI is InChI=1S/C14H18F2N2O2S/c15-10-7-11(16)14(8-12(10)17)21(19,20)18-6-2-4-9-3-1-5-13(9)18/h7-9,13H,1-6,17H2. The first-order chi connectivity index (χ1) is 9.91. The van der Waals surface area contributed by atoms with E-state index in [0.717, 1.165) is 38.2 Å². The van der Waals surface area contributed by atoms with Gasteiger partial charge in [0.2, 0.25) is 10.0 Å². The van der Waals surface area contributed by atoms with Crippen molar-refractivity contribution in [3.05, 3.63) is 23.8 Å². The van der Waals surface area contributed by atoms with Crippen molar-refractivity contribution < 1.29 is 17.2 Å². The van der Waals surface area contributed by atoms with Crippen LogP contribution in [0.4, 0.5) is 14.5 Å². The summed E-state index contributed by atoms with van der Waals surface area (Å²) < 4.78 is 54.0. The third-order valence-corrected chi connectivity index (χ3v) is 6.52. The minimum atomic E-state index is -3.97. The minimum Gasteiger partial charge on any atom is -0.396 e. The number of rotatable bonds is 2. The van der Waals surface area contributed by atoms with E-state index in [-0.39, 0.29) is 11.7 Å². The van der Waals surface area contributed by atoms with Crippen LogP contribution in [-0.2, 0) is 10.0 Å². The summed E-state index contributed by atoms with van der Waals surface area (Å²) in [5, 5.41) is 0. The molecule has 2 N–H and O–H groups in total. The lowest BCUT2D eigenvalue weighted by Gasteiger charge is -2.36. The van der Waals surface area contributed by atoms with Crippen LogP contribution in [0.5, 0.6) is 0 Å². The van der Waals surface area contributed by atoms with Gasteiger partial charge in [0, 0.05) is 18.7 Å². The first-order valence-electron chi connectivity index (χ1n) is 7.17. The quantitative estimate of drug-likeness (QED) is 0.853. The van der Waals surface area contributed by atoms with E-state index in [4.69, 9.17) is 5.73 Å². The highest BCUT2D eigenvalue weighted by molar-refractivity contribution is 7.89. The van der Waals surface area contributed by atoms with E-state index in [0.29, 0.717) is 18.5 Å². The summed E-state index contributed by atoms with van der Waals surface area (Å²) >= 11 is 0. The maximum absolute atomic E-state index is 13.9. The second-order valence-electron chi connectivity index (χ2n) is 5.82. The molecule has 1 aromatic rings. The molecule has 0 radical (unpaired) electrons. The van der Waals surface area contributed by atoms with Crippen molar-refractivity contribution in [1.82, 2.24) is 4.31 Å². The number of benzene rings is 1. The van der Waals surface area contributed by atoms with Gasteiger partial charge in [-0.15, -0.1) is 0 Å². The third kappa shape index (κ3) is 2.42. The van der Waals surface area contributed by atoms with Crippen LogP contribution in [-0.4, -0.2) is 25.3 Å². The second kappa shape index (κ2) is 5.21. The van der Waals surface area contributed by atoms with Crippen LogP contribution in [0.1, 0.15) is 32.1 Å². The van der Waals surface area contributed by atoms with E-state index < -0.39 is 26.6 Å². The lowest BCUT2D eigenvalue weighted by Crippen LogP contribution is -2.46. The molecule has 2 unspecified atom stereocenters. The molecule has 1 aromatic carbocycles. The molecule has 0 aromatic heterocycles. The van der Waals surface area contributed by atoms with Gasteiger partial charge in [-0.1, -0.05) is 6.42 Å². The summed E-state index contributed by atoms with van der Waals surface area (Å²) in [5.74, 6) is -1.67. The molecule has 2 atom stereocenters. The predicted molar refractivity (Wildman–Crippen MR) is 75.0 cm³/mol. The van der Waals surface area contributed by atoms with Gasteiger partial charge in [0.1, 0.15) is 16.5 Å². The largest absolute Gasteiger partial charge is 0.396 e. The number of nitrogens with two attached hydrogens (primary N) is 1.